The van der Waals surface area contributed by atoms with Crippen LogP contribution < -0.4 is 15.6 Å². The Kier molecular flexibility index (Phi) is 5.55. The average Bonchev–Trinajstić information content (AvgIpc) is 3.22. The number of H-pyrrole nitrogens is 1. The molecule has 1 amide bonds. The SMILES string of the molecule is COc1ccc2[nH]c(=O)c3sccc3c2c1C=CCN(C(=O)O)C1CCCNC1. The van der Waals surface area contributed by atoms with Crippen LogP contribution in [0.4, 0.5) is 4.79 Å². The van der Waals surface area contributed by atoms with Crippen molar-refractivity contribution in [1.82, 2.24) is 15.2 Å². The summed E-state index contributed by atoms with van der Waals surface area (Å²) in [5.74, 6) is 0.675. The molecule has 1 aliphatic heterocycles. The number of thiophene rings is 1. The summed E-state index contributed by atoms with van der Waals surface area (Å²) in [6.07, 6.45) is 4.66. The number of pyridine rings is 1. The summed E-state index contributed by atoms with van der Waals surface area (Å²) in [6, 6.07) is 5.56. The number of carboxylic acid groups (broad SMARTS) is 1. The third kappa shape index (κ3) is 3.73. The maximum Gasteiger partial charge on any atom is 0.407 e. The van der Waals surface area contributed by atoms with E-state index in [-0.39, 0.29) is 18.1 Å². The van der Waals surface area contributed by atoms with Crippen LogP contribution in [0.5, 0.6) is 5.75 Å². The number of rotatable bonds is 5. The van der Waals surface area contributed by atoms with Crippen molar-refractivity contribution >= 4 is 44.5 Å². The van der Waals surface area contributed by atoms with Crippen LogP contribution in [0.1, 0.15) is 18.4 Å². The molecule has 0 radical (unpaired) electrons. The lowest BCUT2D eigenvalue weighted by molar-refractivity contribution is 0.122. The van der Waals surface area contributed by atoms with Gasteiger partial charge < -0.3 is 25.0 Å². The molecule has 0 spiro atoms. The third-order valence-electron chi connectivity index (χ3n) is 5.36. The van der Waals surface area contributed by atoms with Crippen LogP contribution in [0, 0.1) is 0 Å². The summed E-state index contributed by atoms with van der Waals surface area (Å²) < 4.78 is 6.22. The monoisotopic (exact) mass is 413 g/mol. The zero-order valence-corrected chi connectivity index (χ0v) is 16.9. The molecule has 29 heavy (non-hydrogen) atoms. The summed E-state index contributed by atoms with van der Waals surface area (Å²) in [5.41, 5.74) is 1.45. The van der Waals surface area contributed by atoms with Gasteiger partial charge in [-0.15, -0.1) is 11.3 Å². The minimum Gasteiger partial charge on any atom is -0.496 e. The standard InChI is InChI=1S/C21H23N3O4S/c1-28-17-7-6-16-18(15-8-11-29-19(15)20(25)23-16)14(17)5-3-10-24(21(26)27)13-4-2-9-22-12-13/h3,5-8,11,13,22H,2,4,9-10,12H2,1H3,(H,23,25)(H,26,27). The van der Waals surface area contributed by atoms with Gasteiger partial charge in [-0.25, -0.2) is 4.79 Å². The van der Waals surface area contributed by atoms with Crippen molar-refractivity contribution < 1.29 is 14.6 Å². The van der Waals surface area contributed by atoms with Crippen LogP contribution in [-0.4, -0.2) is 53.9 Å². The lowest BCUT2D eigenvalue weighted by Crippen LogP contribution is -2.48. The van der Waals surface area contributed by atoms with Crippen molar-refractivity contribution in [2.24, 2.45) is 0 Å². The highest BCUT2D eigenvalue weighted by molar-refractivity contribution is 7.17. The number of benzene rings is 1. The van der Waals surface area contributed by atoms with E-state index in [1.165, 1.54) is 16.2 Å². The minimum atomic E-state index is -0.919. The molecular weight excluding hydrogens is 390 g/mol. The Hall–Kier alpha value is -2.84. The lowest BCUT2D eigenvalue weighted by atomic mass is 10.0. The molecule has 7 nitrogen and oxygen atoms in total. The van der Waals surface area contributed by atoms with E-state index in [2.05, 4.69) is 10.3 Å². The van der Waals surface area contributed by atoms with Crippen molar-refractivity contribution in [2.45, 2.75) is 18.9 Å². The van der Waals surface area contributed by atoms with Crippen molar-refractivity contribution in [2.75, 3.05) is 26.7 Å². The van der Waals surface area contributed by atoms with Gasteiger partial charge >= 0.3 is 6.09 Å². The fourth-order valence-electron chi connectivity index (χ4n) is 3.97. The zero-order chi connectivity index (χ0) is 20.4. The van der Waals surface area contributed by atoms with Gasteiger partial charge in [0.1, 0.15) is 10.4 Å². The predicted octanol–water partition coefficient (Wildman–Crippen LogP) is 3.50. The lowest BCUT2D eigenvalue weighted by Gasteiger charge is -2.31. The fraction of sp³-hybridized carbons (Fsp3) is 0.333. The van der Waals surface area contributed by atoms with Crippen molar-refractivity contribution in [3.05, 3.63) is 45.6 Å². The summed E-state index contributed by atoms with van der Waals surface area (Å²) in [5, 5.41) is 16.6. The van der Waals surface area contributed by atoms with Gasteiger partial charge in [0.05, 0.1) is 7.11 Å². The van der Waals surface area contributed by atoms with E-state index in [9.17, 15) is 14.7 Å². The molecule has 3 N–H and O–H groups in total. The van der Waals surface area contributed by atoms with Crippen LogP contribution >= 0.6 is 11.3 Å². The zero-order valence-electron chi connectivity index (χ0n) is 16.1. The number of hydrogen-bond donors (Lipinski definition) is 3. The van der Waals surface area contributed by atoms with Crippen molar-refractivity contribution in [3.8, 4) is 5.75 Å². The number of carbonyl (C=O) groups is 1. The molecule has 1 unspecified atom stereocenters. The largest absolute Gasteiger partial charge is 0.496 e. The molecule has 1 aliphatic rings. The molecule has 0 bridgehead atoms. The Balaban J connectivity index is 1.73. The molecule has 3 heterocycles. The molecule has 3 aromatic rings. The smallest absolute Gasteiger partial charge is 0.407 e. The van der Waals surface area contributed by atoms with Crippen LogP contribution in [0.2, 0.25) is 0 Å². The van der Waals surface area contributed by atoms with Crippen LogP contribution in [0.15, 0.2) is 34.4 Å². The summed E-state index contributed by atoms with van der Waals surface area (Å²) in [6.45, 7) is 1.90. The van der Waals surface area contributed by atoms with Gasteiger partial charge in [0.2, 0.25) is 0 Å². The van der Waals surface area contributed by atoms with Crippen LogP contribution in [0.25, 0.3) is 27.1 Å². The molecule has 152 valence electrons. The predicted molar refractivity (Wildman–Crippen MR) is 116 cm³/mol. The number of piperidine rings is 1. The molecule has 1 saturated heterocycles. The number of fused-ring (bicyclic) bond motifs is 3. The van der Waals surface area contributed by atoms with Crippen molar-refractivity contribution in [3.63, 3.8) is 0 Å². The maximum absolute atomic E-state index is 12.3. The highest BCUT2D eigenvalue weighted by Crippen LogP contribution is 2.34. The Bertz CT molecular complexity index is 1130. The van der Waals surface area contributed by atoms with Gasteiger partial charge in [-0.05, 0) is 43.0 Å². The Morgan fingerprint density at radius 3 is 3.00 bits per heavy atom. The summed E-state index contributed by atoms with van der Waals surface area (Å²) in [4.78, 5) is 28.5. The van der Waals surface area contributed by atoms with Gasteiger partial charge in [-0.3, -0.25) is 4.79 Å². The van der Waals surface area contributed by atoms with Gasteiger partial charge in [0.25, 0.3) is 5.56 Å². The molecule has 1 fully saturated rings. The second-order valence-corrected chi connectivity index (χ2v) is 7.98. The van der Waals surface area contributed by atoms with E-state index in [0.29, 0.717) is 17.0 Å². The number of ether oxygens (including phenoxy) is 1. The highest BCUT2D eigenvalue weighted by Gasteiger charge is 2.24. The summed E-state index contributed by atoms with van der Waals surface area (Å²) in [7, 11) is 1.60. The molecule has 0 saturated carbocycles. The molecule has 4 rings (SSSR count). The highest BCUT2D eigenvalue weighted by atomic mass is 32.1. The number of hydrogen-bond acceptors (Lipinski definition) is 5. The first-order chi connectivity index (χ1) is 14.1. The number of aromatic nitrogens is 1. The summed E-state index contributed by atoms with van der Waals surface area (Å²) >= 11 is 1.40. The van der Waals surface area contributed by atoms with Crippen LogP contribution in [-0.2, 0) is 0 Å². The number of nitrogens with zero attached hydrogens (tertiary/aromatic N) is 1. The van der Waals surface area contributed by atoms with Crippen LogP contribution in [0.3, 0.4) is 0 Å². The van der Waals surface area contributed by atoms with Gasteiger partial charge in [0, 0.05) is 41.0 Å². The normalized spacial score (nSPS) is 17.2. The quantitative estimate of drug-likeness (QED) is 0.595. The van der Waals surface area contributed by atoms with E-state index < -0.39 is 6.09 Å². The second-order valence-electron chi connectivity index (χ2n) is 7.06. The first kappa shape index (κ1) is 19.5. The number of amides is 1. The Morgan fingerprint density at radius 2 is 2.28 bits per heavy atom. The first-order valence-electron chi connectivity index (χ1n) is 9.57. The van der Waals surface area contributed by atoms with Gasteiger partial charge in [-0.1, -0.05) is 12.2 Å². The van der Waals surface area contributed by atoms with E-state index in [1.807, 2.05) is 35.7 Å². The molecule has 8 heteroatoms. The maximum atomic E-state index is 12.3. The van der Waals surface area contributed by atoms with E-state index >= 15 is 0 Å². The third-order valence-corrected chi connectivity index (χ3v) is 6.27. The van der Waals surface area contributed by atoms with E-state index in [1.54, 1.807) is 7.11 Å². The Labute approximate surface area is 171 Å². The topological polar surface area (TPSA) is 94.7 Å². The molecular formula is C21H23N3O4S. The Morgan fingerprint density at radius 1 is 1.41 bits per heavy atom. The molecule has 1 atom stereocenters. The fourth-order valence-corrected chi connectivity index (χ4v) is 4.76. The van der Waals surface area contributed by atoms with E-state index in [0.717, 1.165) is 41.2 Å². The second kappa shape index (κ2) is 8.26. The van der Waals surface area contributed by atoms with Gasteiger partial charge in [-0.2, -0.15) is 0 Å². The molecule has 2 aromatic heterocycles. The van der Waals surface area contributed by atoms with Crippen molar-refractivity contribution in [1.29, 1.82) is 0 Å². The number of aromatic amines is 1. The van der Waals surface area contributed by atoms with Gasteiger partial charge in [0.15, 0.2) is 0 Å². The molecule has 1 aromatic carbocycles. The number of methoxy groups -OCH3 is 1. The molecule has 0 aliphatic carbocycles. The van der Waals surface area contributed by atoms with E-state index in [4.69, 9.17) is 4.74 Å². The first-order valence-corrected chi connectivity index (χ1v) is 10.4. The minimum absolute atomic E-state index is 0.0275. The average molecular weight is 413 g/mol. The number of nitrogens with one attached hydrogen (secondary N) is 2.